The molecule has 0 amide bonds. The Bertz CT molecular complexity index is 1040. The second kappa shape index (κ2) is 7.31. The Morgan fingerprint density at radius 1 is 1.06 bits per heavy atom. The van der Waals surface area contributed by atoms with Crippen LogP contribution in [-0.2, 0) is 14.3 Å². The molecule has 0 aromatic heterocycles. The van der Waals surface area contributed by atoms with Crippen molar-refractivity contribution in [1.82, 2.24) is 0 Å². The van der Waals surface area contributed by atoms with Gasteiger partial charge in [0.2, 0.25) is 0 Å². The molecule has 5 heteroatoms. The molecule has 5 rings (SSSR count). The third kappa shape index (κ3) is 2.72. The Balaban J connectivity index is 1.62. The first-order valence-electron chi connectivity index (χ1n) is 13.7. The van der Waals surface area contributed by atoms with Gasteiger partial charge in [0.05, 0.1) is 6.10 Å². The topological polar surface area (TPSA) is 83.8 Å². The van der Waals surface area contributed by atoms with Gasteiger partial charge in [-0.3, -0.25) is 9.59 Å². The molecule has 0 radical (unpaired) electrons. The van der Waals surface area contributed by atoms with Crippen molar-refractivity contribution >= 4 is 11.8 Å². The number of aliphatic hydroxyl groups is 2. The van der Waals surface area contributed by atoms with Crippen LogP contribution in [0.15, 0.2) is 23.3 Å². The lowest BCUT2D eigenvalue weighted by Gasteiger charge is -2.63. The number of carbonyl (C=O) groups excluding carboxylic acids is 2. The SMILES string of the molecule is CC(C)=CCC[C@]1(C)OC(=O)[C@]23C(=O)C=C4[C@@H](CC[C@H]5C(C)(C)[C@@H](O)CC[C@]45C)[C@]2(C)CC[C@@]31O. The maximum Gasteiger partial charge on any atom is 0.324 e. The third-order valence-electron chi connectivity index (χ3n) is 11.8. The summed E-state index contributed by atoms with van der Waals surface area (Å²) in [5.41, 5.74) is -2.91. The summed E-state index contributed by atoms with van der Waals surface area (Å²) < 4.78 is 6.05. The van der Waals surface area contributed by atoms with Crippen molar-refractivity contribution in [2.45, 2.75) is 117 Å². The predicted octanol–water partition coefficient (Wildman–Crippen LogP) is 5.29. The molecule has 0 unspecified atom stereocenters. The summed E-state index contributed by atoms with van der Waals surface area (Å²) in [5, 5.41) is 23.2. The molecule has 35 heavy (non-hydrogen) atoms. The number of esters is 1. The summed E-state index contributed by atoms with van der Waals surface area (Å²) in [6.07, 6.45) is 9.11. The van der Waals surface area contributed by atoms with Crippen LogP contribution in [0, 0.1) is 33.5 Å². The maximum absolute atomic E-state index is 14.3. The van der Waals surface area contributed by atoms with Gasteiger partial charge < -0.3 is 14.9 Å². The molecule has 5 aliphatic rings. The molecule has 194 valence electrons. The van der Waals surface area contributed by atoms with Crippen LogP contribution in [0.1, 0.15) is 99.8 Å². The zero-order chi connectivity index (χ0) is 25.8. The first-order valence-corrected chi connectivity index (χ1v) is 13.7. The Kier molecular flexibility index (Phi) is 5.26. The van der Waals surface area contributed by atoms with Gasteiger partial charge in [0.25, 0.3) is 0 Å². The highest BCUT2D eigenvalue weighted by molar-refractivity contribution is 6.14. The summed E-state index contributed by atoms with van der Waals surface area (Å²) in [5.74, 6) is -0.453. The van der Waals surface area contributed by atoms with Gasteiger partial charge in [0, 0.05) is 5.41 Å². The van der Waals surface area contributed by atoms with Gasteiger partial charge >= 0.3 is 5.97 Å². The molecule has 8 atom stereocenters. The van der Waals surface area contributed by atoms with Crippen LogP contribution in [0.2, 0.25) is 0 Å². The minimum atomic E-state index is -1.54. The van der Waals surface area contributed by atoms with Crippen LogP contribution in [0.3, 0.4) is 0 Å². The molecule has 1 heterocycles. The number of rotatable bonds is 3. The number of cyclic esters (lactones) is 1. The van der Waals surface area contributed by atoms with Gasteiger partial charge in [-0.1, -0.05) is 44.9 Å². The molecular weight excluding hydrogens is 440 g/mol. The number of aliphatic hydroxyl groups excluding tert-OH is 1. The summed E-state index contributed by atoms with van der Waals surface area (Å²) >= 11 is 0. The Morgan fingerprint density at radius 3 is 2.40 bits per heavy atom. The fourth-order valence-electron chi connectivity index (χ4n) is 9.77. The van der Waals surface area contributed by atoms with Gasteiger partial charge in [-0.05, 0) is 101 Å². The van der Waals surface area contributed by atoms with E-state index < -0.39 is 28.0 Å². The normalized spacial score (nSPS) is 49.9. The van der Waals surface area contributed by atoms with Crippen molar-refractivity contribution in [3.05, 3.63) is 23.3 Å². The van der Waals surface area contributed by atoms with Crippen LogP contribution < -0.4 is 0 Å². The number of hydrogen-bond acceptors (Lipinski definition) is 5. The van der Waals surface area contributed by atoms with Crippen LogP contribution in [-0.4, -0.2) is 39.3 Å². The van der Waals surface area contributed by atoms with E-state index in [0.29, 0.717) is 32.1 Å². The van der Waals surface area contributed by atoms with Crippen molar-refractivity contribution in [2.24, 2.45) is 33.5 Å². The summed E-state index contributed by atoms with van der Waals surface area (Å²) in [6, 6.07) is 0. The largest absolute Gasteiger partial charge is 0.455 e. The van der Waals surface area contributed by atoms with Gasteiger partial charge in [0.15, 0.2) is 11.2 Å². The number of allylic oxidation sites excluding steroid dienone is 4. The van der Waals surface area contributed by atoms with E-state index in [9.17, 15) is 19.8 Å². The van der Waals surface area contributed by atoms with E-state index in [0.717, 1.165) is 24.8 Å². The van der Waals surface area contributed by atoms with Crippen LogP contribution in [0.25, 0.3) is 0 Å². The van der Waals surface area contributed by atoms with E-state index in [1.165, 1.54) is 5.57 Å². The Labute approximate surface area is 210 Å². The van der Waals surface area contributed by atoms with Crippen molar-refractivity contribution < 1.29 is 24.5 Å². The fourth-order valence-corrected chi connectivity index (χ4v) is 9.77. The van der Waals surface area contributed by atoms with Gasteiger partial charge in [-0.15, -0.1) is 0 Å². The quantitative estimate of drug-likeness (QED) is 0.323. The zero-order valence-electron chi connectivity index (χ0n) is 22.7. The minimum Gasteiger partial charge on any atom is -0.455 e. The van der Waals surface area contributed by atoms with E-state index >= 15 is 0 Å². The van der Waals surface area contributed by atoms with Crippen molar-refractivity contribution in [3.8, 4) is 0 Å². The minimum absolute atomic E-state index is 0.0502. The highest BCUT2D eigenvalue weighted by Crippen LogP contribution is 2.76. The average molecular weight is 485 g/mol. The lowest BCUT2D eigenvalue weighted by molar-refractivity contribution is -0.172. The zero-order valence-corrected chi connectivity index (χ0v) is 22.7. The molecule has 4 aliphatic carbocycles. The highest BCUT2D eigenvalue weighted by Gasteiger charge is 2.86. The molecule has 1 aliphatic heterocycles. The van der Waals surface area contributed by atoms with Crippen molar-refractivity contribution in [1.29, 1.82) is 0 Å². The Morgan fingerprint density at radius 2 is 1.74 bits per heavy atom. The average Bonchev–Trinajstić information content (AvgIpc) is 3.11. The number of carbonyl (C=O) groups is 2. The summed E-state index contributed by atoms with van der Waals surface area (Å²) in [6.45, 7) is 14.6. The molecule has 3 saturated carbocycles. The standard InChI is InChI=1S/C30H44O5/c1-18(2)9-8-13-28(7)29(34)16-15-27(6)19-10-11-21-25(3,4)22(31)12-14-26(21,5)20(19)17-23(32)30(27,29)24(33)35-28/h9,17,19,21-22,31,34H,8,10-16H2,1-7H3/t19-,21+,22+,26-,27+,28+,29+,30-/m1/s1. The molecule has 1 saturated heterocycles. The van der Waals surface area contributed by atoms with E-state index in [-0.39, 0.29) is 34.6 Å². The first kappa shape index (κ1) is 25.2. The number of fused-ring (bicyclic) bond motifs is 4. The monoisotopic (exact) mass is 484 g/mol. The third-order valence-corrected chi connectivity index (χ3v) is 11.8. The summed E-state index contributed by atoms with van der Waals surface area (Å²) in [7, 11) is 0. The summed E-state index contributed by atoms with van der Waals surface area (Å²) in [4.78, 5) is 28.1. The van der Waals surface area contributed by atoms with E-state index in [1.807, 2.05) is 20.8 Å². The molecule has 0 bridgehead atoms. The number of ether oxygens (including phenoxy) is 1. The molecule has 0 aromatic rings. The van der Waals surface area contributed by atoms with Crippen LogP contribution >= 0.6 is 0 Å². The fraction of sp³-hybridized carbons (Fsp3) is 0.800. The number of hydrogen-bond donors (Lipinski definition) is 2. The predicted molar refractivity (Wildman–Crippen MR) is 134 cm³/mol. The molecule has 2 N–H and O–H groups in total. The van der Waals surface area contributed by atoms with E-state index in [1.54, 1.807) is 6.08 Å². The molecule has 5 nitrogen and oxygen atoms in total. The number of ketones is 1. The van der Waals surface area contributed by atoms with Gasteiger partial charge in [0.1, 0.15) is 11.2 Å². The van der Waals surface area contributed by atoms with Crippen LogP contribution in [0.5, 0.6) is 0 Å². The van der Waals surface area contributed by atoms with Gasteiger partial charge in [-0.25, -0.2) is 0 Å². The lowest BCUT2D eigenvalue weighted by Crippen LogP contribution is -2.66. The second-order valence-corrected chi connectivity index (χ2v) is 13.9. The lowest BCUT2D eigenvalue weighted by atomic mass is 9.40. The molecular formula is C30H44O5. The molecule has 1 spiro atoms. The van der Waals surface area contributed by atoms with E-state index in [4.69, 9.17) is 4.74 Å². The Hall–Kier alpha value is -1.46. The molecule has 4 fully saturated rings. The van der Waals surface area contributed by atoms with Gasteiger partial charge in [-0.2, -0.15) is 0 Å². The first-order chi connectivity index (χ1) is 16.1. The van der Waals surface area contributed by atoms with E-state index in [2.05, 4.69) is 33.8 Å². The maximum atomic E-state index is 14.3. The van der Waals surface area contributed by atoms with Crippen molar-refractivity contribution in [2.75, 3.05) is 0 Å². The smallest absolute Gasteiger partial charge is 0.324 e. The highest BCUT2D eigenvalue weighted by atomic mass is 16.6. The second-order valence-electron chi connectivity index (χ2n) is 13.9. The molecule has 0 aromatic carbocycles. The van der Waals surface area contributed by atoms with Crippen molar-refractivity contribution in [3.63, 3.8) is 0 Å². The van der Waals surface area contributed by atoms with Crippen LogP contribution in [0.4, 0.5) is 0 Å².